The molecule has 0 spiro atoms. The van der Waals surface area contributed by atoms with Gasteiger partial charge in [-0.25, -0.2) is 8.42 Å². The first kappa shape index (κ1) is 10.1. The van der Waals surface area contributed by atoms with E-state index in [4.69, 9.17) is 0 Å². The molecule has 0 bridgehead atoms. The van der Waals surface area contributed by atoms with E-state index in [2.05, 4.69) is 10.3 Å². The smallest absolute Gasteiger partial charge is 0.221 e. The molecule has 1 amide bonds. The predicted molar refractivity (Wildman–Crippen MR) is 54.3 cm³/mol. The third-order valence-electron chi connectivity index (χ3n) is 2.21. The Balaban J connectivity index is 2.59. The molecule has 0 atom stereocenters. The maximum absolute atomic E-state index is 11.7. The number of pyridine rings is 1. The standard InChI is InChI=1S/C9H10N2O3S/c1-6(12)11-8-2-4-10-7-3-5-15(13,14)9(7)8/h2,4H,3,5H2,1H3,(H,10,11,12). The summed E-state index contributed by atoms with van der Waals surface area (Å²) in [5.74, 6) is -0.211. The highest BCUT2D eigenvalue weighted by Gasteiger charge is 2.30. The van der Waals surface area contributed by atoms with Crippen LogP contribution in [-0.4, -0.2) is 25.1 Å². The lowest BCUT2D eigenvalue weighted by molar-refractivity contribution is -0.114. The number of anilines is 1. The first-order valence-corrected chi connectivity index (χ1v) is 6.14. The number of hydrogen-bond acceptors (Lipinski definition) is 4. The van der Waals surface area contributed by atoms with Crippen molar-refractivity contribution in [2.75, 3.05) is 11.1 Å². The van der Waals surface area contributed by atoms with Crippen LogP contribution >= 0.6 is 0 Å². The number of carbonyl (C=O) groups is 1. The summed E-state index contributed by atoms with van der Waals surface area (Å²) in [7, 11) is -3.26. The molecule has 1 aromatic heterocycles. The van der Waals surface area contributed by atoms with Gasteiger partial charge in [0.1, 0.15) is 4.90 Å². The van der Waals surface area contributed by atoms with Gasteiger partial charge in [-0.3, -0.25) is 9.78 Å². The van der Waals surface area contributed by atoms with Gasteiger partial charge < -0.3 is 5.32 Å². The topological polar surface area (TPSA) is 76.1 Å². The molecular formula is C9H10N2O3S. The zero-order valence-corrected chi connectivity index (χ0v) is 8.97. The summed E-state index contributed by atoms with van der Waals surface area (Å²) in [5.41, 5.74) is 0.881. The highest BCUT2D eigenvalue weighted by molar-refractivity contribution is 7.91. The zero-order valence-electron chi connectivity index (χ0n) is 8.15. The average Bonchev–Trinajstić information content (AvgIpc) is 2.43. The van der Waals surface area contributed by atoms with Crippen LogP contribution < -0.4 is 5.32 Å². The molecule has 0 fully saturated rings. The van der Waals surface area contributed by atoms with E-state index in [0.717, 1.165) is 0 Å². The molecule has 2 heterocycles. The van der Waals surface area contributed by atoms with Crippen molar-refractivity contribution in [1.82, 2.24) is 4.98 Å². The third-order valence-corrected chi connectivity index (χ3v) is 4.03. The van der Waals surface area contributed by atoms with Crippen LogP contribution in [0.25, 0.3) is 0 Å². The monoisotopic (exact) mass is 226 g/mol. The van der Waals surface area contributed by atoms with E-state index in [9.17, 15) is 13.2 Å². The lowest BCUT2D eigenvalue weighted by Gasteiger charge is -2.06. The van der Waals surface area contributed by atoms with E-state index < -0.39 is 9.84 Å². The van der Waals surface area contributed by atoms with E-state index in [1.54, 1.807) is 0 Å². The quantitative estimate of drug-likeness (QED) is 0.750. The van der Waals surface area contributed by atoms with Gasteiger partial charge >= 0.3 is 0 Å². The molecule has 0 saturated heterocycles. The summed E-state index contributed by atoms with van der Waals surface area (Å²) in [6, 6.07) is 1.50. The van der Waals surface area contributed by atoms with Gasteiger partial charge in [-0.1, -0.05) is 0 Å². The molecule has 5 nitrogen and oxygen atoms in total. The van der Waals surface area contributed by atoms with Crippen LogP contribution in [-0.2, 0) is 21.1 Å². The lowest BCUT2D eigenvalue weighted by atomic mass is 10.2. The summed E-state index contributed by atoms with van der Waals surface area (Å²) in [6.07, 6.45) is 1.93. The van der Waals surface area contributed by atoms with E-state index in [0.29, 0.717) is 17.8 Å². The fourth-order valence-electron chi connectivity index (χ4n) is 1.64. The van der Waals surface area contributed by atoms with Crippen molar-refractivity contribution in [2.45, 2.75) is 18.2 Å². The Hall–Kier alpha value is -1.43. The number of fused-ring (bicyclic) bond motifs is 1. The Kier molecular flexibility index (Phi) is 2.22. The van der Waals surface area contributed by atoms with Crippen molar-refractivity contribution in [2.24, 2.45) is 0 Å². The van der Waals surface area contributed by atoms with E-state index in [1.165, 1.54) is 19.2 Å². The van der Waals surface area contributed by atoms with Gasteiger partial charge in [-0.15, -0.1) is 0 Å². The molecule has 1 aliphatic rings. The van der Waals surface area contributed by atoms with Crippen molar-refractivity contribution >= 4 is 21.4 Å². The van der Waals surface area contributed by atoms with Gasteiger partial charge in [0.2, 0.25) is 5.91 Å². The molecular weight excluding hydrogens is 216 g/mol. The molecule has 0 radical (unpaired) electrons. The van der Waals surface area contributed by atoms with Crippen molar-refractivity contribution in [3.05, 3.63) is 18.0 Å². The van der Waals surface area contributed by atoms with Crippen LogP contribution in [0.15, 0.2) is 17.2 Å². The molecule has 15 heavy (non-hydrogen) atoms. The second-order valence-electron chi connectivity index (χ2n) is 3.38. The van der Waals surface area contributed by atoms with Crippen LogP contribution in [0, 0.1) is 0 Å². The fourth-order valence-corrected chi connectivity index (χ4v) is 3.27. The zero-order chi connectivity index (χ0) is 11.1. The van der Waals surface area contributed by atoms with Gasteiger partial charge in [0.15, 0.2) is 9.84 Å². The average molecular weight is 226 g/mol. The minimum Gasteiger partial charge on any atom is -0.325 e. The number of sulfone groups is 1. The molecule has 80 valence electrons. The predicted octanol–water partition coefficient (Wildman–Crippen LogP) is 0.370. The largest absolute Gasteiger partial charge is 0.325 e. The van der Waals surface area contributed by atoms with Gasteiger partial charge in [0.05, 0.1) is 17.1 Å². The van der Waals surface area contributed by atoms with Crippen LogP contribution in [0.5, 0.6) is 0 Å². The number of hydrogen-bond donors (Lipinski definition) is 1. The molecule has 1 N–H and O–H groups in total. The normalized spacial score (nSPS) is 17.1. The van der Waals surface area contributed by atoms with Crippen LogP contribution in [0.4, 0.5) is 5.69 Å². The number of rotatable bonds is 1. The maximum Gasteiger partial charge on any atom is 0.221 e. The summed E-state index contributed by atoms with van der Waals surface area (Å²) in [5, 5.41) is 2.50. The second kappa shape index (κ2) is 3.30. The molecule has 6 heteroatoms. The van der Waals surface area contributed by atoms with Crippen LogP contribution in [0.3, 0.4) is 0 Å². The molecule has 0 aromatic carbocycles. The highest BCUT2D eigenvalue weighted by Crippen LogP contribution is 2.30. The van der Waals surface area contributed by atoms with Gasteiger partial charge in [-0.05, 0) is 6.07 Å². The van der Waals surface area contributed by atoms with Crippen molar-refractivity contribution in [1.29, 1.82) is 0 Å². The summed E-state index contributed by atoms with van der Waals surface area (Å²) in [6.45, 7) is 1.34. The fraction of sp³-hybridized carbons (Fsp3) is 0.333. The van der Waals surface area contributed by atoms with E-state index in [-0.39, 0.29) is 16.6 Å². The molecule has 1 aliphatic heterocycles. The highest BCUT2D eigenvalue weighted by atomic mass is 32.2. The Bertz CT molecular complexity index is 522. The van der Waals surface area contributed by atoms with Gasteiger partial charge in [-0.2, -0.15) is 0 Å². The molecule has 0 aliphatic carbocycles. The summed E-state index contributed by atoms with van der Waals surface area (Å²) in [4.78, 5) is 15.1. The first-order valence-electron chi connectivity index (χ1n) is 4.49. The number of aryl methyl sites for hydroxylation is 1. The number of nitrogens with zero attached hydrogens (tertiary/aromatic N) is 1. The Labute approximate surface area is 87.4 Å². The van der Waals surface area contributed by atoms with Crippen LogP contribution in [0.2, 0.25) is 0 Å². The van der Waals surface area contributed by atoms with E-state index in [1.807, 2.05) is 0 Å². The first-order chi connectivity index (χ1) is 7.00. The van der Waals surface area contributed by atoms with Crippen molar-refractivity contribution in [3.8, 4) is 0 Å². The lowest BCUT2D eigenvalue weighted by Crippen LogP contribution is -2.10. The molecule has 2 rings (SSSR count). The van der Waals surface area contributed by atoms with Crippen molar-refractivity contribution in [3.63, 3.8) is 0 Å². The SMILES string of the molecule is CC(=O)Nc1ccnc2c1S(=O)(=O)CC2. The van der Waals surface area contributed by atoms with Crippen molar-refractivity contribution < 1.29 is 13.2 Å². The maximum atomic E-state index is 11.7. The number of aromatic nitrogens is 1. The molecule has 1 aromatic rings. The summed E-state index contributed by atoms with van der Waals surface area (Å²) >= 11 is 0. The number of carbonyl (C=O) groups excluding carboxylic acids is 1. The Morgan fingerprint density at radius 1 is 1.53 bits per heavy atom. The van der Waals surface area contributed by atoms with Gasteiger partial charge in [0.25, 0.3) is 0 Å². The number of nitrogens with one attached hydrogen (secondary N) is 1. The molecule has 0 saturated carbocycles. The minimum atomic E-state index is -3.26. The van der Waals surface area contributed by atoms with Crippen LogP contribution in [0.1, 0.15) is 12.6 Å². The second-order valence-corrected chi connectivity index (χ2v) is 5.43. The Morgan fingerprint density at radius 2 is 2.27 bits per heavy atom. The Morgan fingerprint density at radius 3 is 2.93 bits per heavy atom. The van der Waals surface area contributed by atoms with E-state index >= 15 is 0 Å². The summed E-state index contributed by atoms with van der Waals surface area (Å²) < 4.78 is 23.3. The van der Waals surface area contributed by atoms with Gasteiger partial charge in [0, 0.05) is 19.5 Å². The third kappa shape index (κ3) is 1.72. The molecule has 0 unspecified atom stereocenters. The minimum absolute atomic E-state index is 0.0753. The number of amides is 1.